The molecule has 0 rings (SSSR count). The molecule has 12 heavy (non-hydrogen) atoms. The van der Waals surface area contributed by atoms with Crippen molar-refractivity contribution in [3.05, 3.63) is 10.8 Å². The van der Waals surface area contributed by atoms with E-state index in [1.807, 2.05) is 0 Å². The Balaban J connectivity index is -0.000000115. The molecule has 4 nitrogen and oxygen atoms in total. The first-order valence-electron chi connectivity index (χ1n) is 3.77. The molecule has 0 radical (unpaired) electrons. The summed E-state index contributed by atoms with van der Waals surface area (Å²) in [4.78, 5) is 16.5. The summed E-state index contributed by atoms with van der Waals surface area (Å²) in [6.07, 6.45) is 6.54. The Morgan fingerprint density at radius 1 is 0.917 bits per heavy atom. The van der Waals surface area contributed by atoms with Gasteiger partial charge in [0.2, 0.25) is 0 Å². The molecule has 0 aromatic rings. The van der Waals surface area contributed by atoms with Gasteiger partial charge in [-0.25, -0.2) is 0 Å². The highest BCUT2D eigenvalue weighted by Crippen LogP contribution is 1.95. The van der Waals surface area contributed by atoms with Crippen LogP contribution in [0.3, 0.4) is 0 Å². The van der Waals surface area contributed by atoms with E-state index < -0.39 is 0 Å². The standard InChI is InChI=1S/C6H14.2CNO/c1-3-5-6-4-2;2*2-1-3/h3-6H2,1-2H3;;/q;2*-1. The van der Waals surface area contributed by atoms with Crippen molar-refractivity contribution in [2.24, 2.45) is 0 Å². The lowest BCUT2D eigenvalue weighted by Crippen LogP contribution is -1.66. The van der Waals surface area contributed by atoms with Gasteiger partial charge in [0.05, 0.1) is 0 Å². The van der Waals surface area contributed by atoms with E-state index in [1.54, 1.807) is 0 Å². The molecule has 0 atom stereocenters. The maximum Gasteiger partial charge on any atom is -0.0159 e. The third-order valence-electron chi connectivity index (χ3n) is 0.957. The second-order valence-electron chi connectivity index (χ2n) is 1.89. The Morgan fingerprint density at radius 3 is 1.17 bits per heavy atom. The van der Waals surface area contributed by atoms with E-state index in [0.717, 1.165) is 0 Å². The van der Waals surface area contributed by atoms with Crippen LogP contribution in [0.4, 0.5) is 0 Å². The molecule has 0 aromatic heterocycles. The van der Waals surface area contributed by atoms with Gasteiger partial charge in [-0.3, -0.25) is 9.59 Å². The summed E-state index contributed by atoms with van der Waals surface area (Å²) in [7, 11) is 0. The van der Waals surface area contributed by atoms with Crippen LogP contribution in [0, 0.1) is 0 Å². The number of nitrogens with zero attached hydrogens (tertiary/aromatic N) is 2. The van der Waals surface area contributed by atoms with E-state index in [9.17, 15) is 0 Å². The first kappa shape index (κ1) is 17.0. The van der Waals surface area contributed by atoms with Gasteiger partial charge in [0, 0.05) is 0 Å². The van der Waals surface area contributed by atoms with Crippen LogP contribution in [0.1, 0.15) is 39.5 Å². The molecule has 0 unspecified atom stereocenters. The van der Waals surface area contributed by atoms with Crippen LogP contribution in [-0.2, 0) is 9.59 Å². The molecule has 70 valence electrons. The average molecular weight is 170 g/mol. The van der Waals surface area contributed by atoms with Crippen LogP contribution in [0.5, 0.6) is 0 Å². The van der Waals surface area contributed by atoms with E-state index >= 15 is 0 Å². The first-order chi connectivity index (χ1) is 5.74. The predicted molar refractivity (Wildman–Crippen MR) is 47.9 cm³/mol. The van der Waals surface area contributed by atoms with E-state index in [-0.39, 0.29) is 0 Å². The minimum absolute atomic E-state index is 0.500. The predicted octanol–water partition coefficient (Wildman–Crippen LogP) is 2.37. The Hall–Kier alpha value is -1.24. The summed E-state index contributed by atoms with van der Waals surface area (Å²) in [5.41, 5.74) is 0. The van der Waals surface area contributed by atoms with Crippen molar-refractivity contribution in [3.8, 4) is 0 Å². The van der Waals surface area contributed by atoms with Crippen molar-refractivity contribution in [2.45, 2.75) is 39.5 Å². The van der Waals surface area contributed by atoms with Crippen molar-refractivity contribution in [2.75, 3.05) is 0 Å². The summed E-state index contributed by atoms with van der Waals surface area (Å²) in [5, 5.41) is 13.5. The minimum atomic E-state index is 0.500. The fourth-order valence-corrected chi connectivity index (χ4v) is 0.500. The van der Waals surface area contributed by atoms with E-state index in [4.69, 9.17) is 20.4 Å². The van der Waals surface area contributed by atoms with E-state index in [2.05, 4.69) is 13.8 Å². The van der Waals surface area contributed by atoms with Crippen molar-refractivity contribution in [3.63, 3.8) is 0 Å². The van der Waals surface area contributed by atoms with Crippen LogP contribution in [-0.4, -0.2) is 12.2 Å². The summed E-state index contributed by atoms with van der Waals surface area (Å²) in [6.45, 7) is 4.46. The number of rotatable bonds is 3. The molecule has 0 bridgehead atoms. The molecule has 0 aromatic carbocycles. The normalized spacial score (nSPS) is 5.83. The zero-order valence-corrected chi connectivity index (χ0v) is 7.54. The molecular formula is C8H14N2O2-2. The summed E-state index contributed by atoms with van der Waals surface area (Å²) < 4.78 is 0. The molecule has 0 amide bonds. The van der Waals surface area contributed by atoms with Crippen molar-refractivity contribution < 1.29 is 9.59 Å². The van der Waals surface area contributed by atoms with E-state index in [1.165, 1.54) is 25.7 Å². The molecule has 0 fully saturated rings. The molecular weight excluding hydrogens is 156 g/mol. The Bertz CT molecular complexity index is 107. The van der Waals surface area contributed by atoms with Crippen LogP contribution < -0.4 is 0 Å². The van der Waals surface area contributed by atoms with Gasteiger partial charge in [-0.05, 0) is 12.2 Å². The molecule has 0 aliphatic rings. The average Bonchev–Trinajstić information content (AvgIpc) is 2.04. The quantitative estimate of drug-likeness (QED) is 0.370. The minimum Gasteiger partial charge on any atom is -0.724 e. The highest BCUT2D eigenvalue weighted by Gasteiger charge is 1.75. The van der Waals surface area contributed by atoms with Gasteiger partial charge >= 0.3 is 0 Å². The first-order valence-corrected chi connectivity index (χ1v) is 3.77. The van der Waals surface area contributed by atoms with Crippen LogP contribution >= 0.6 is 0 Å². The van der Waals surface area contributed by atoms with Gasteiger partial charge in [0.25, 0.3) is 0 Å². The highest BCUT2D eigenvalue weighted by molar-refractivity contribution is 5.37. The van der Waals surface area contributed by atoms with E-state index in [0.29, 0.717) is 12.2 Å². The number of hydrogen-bond acceptors (Lipinski definition) is 2. The lowest BCUT2D eigenvalue weighted by molar-refractivity contribution is 0.568. The van der Waals surface area contributed by atoms with Crippen molar-refractivity contribution in [1.29, 1.82) is 0 Å². The number of carbonyl (C=O) groups excluding carboxylic acids is 2. The fraction of sp³-hybridized carbons (Fsp3) is 0.750. The van der Waals surface area contributed by atoms with Gasteiger partial charge in [-0.15, -0.1) is 0 Å². The van der Waals surface area contributed by atoms with Crippen molar-refractivity contribution in [1.82, 2.24) is 0 Å². The third-order valence-corrected chi connectivity index (χ3v) is 0.957. The van der Waals surface area contributed by atoms with Crippen LogP contribution in [0.25, 0.3) is 10.8 Å². The lowest BCUT2D eigenvalue weighted by atomic mass is 10.2. The van der Waals surface area contributed by atoms with Crippen LogP contribution in [0.15, 0.2) is 0 Å². The maximum atomic E-state index is 8.24. The SMILES string of the molecule is CCCCCC.[N-]=C=O.[N-]=C=O. The fourth-order valence-electron chi connectivity index (χ4n) is 0.500. The highest BCUT2D eigenvalue weighted by atomic mass is 16.1. The maximum absolute atomic E-state index is 8.24. The largest absolute Gasteiger partial charge is 0.724 e. The van der Waals surface area contributed by atoms with Gasteiger partial charge in [-0.2, -0.15) is 0 Å². The monoisotopic (exact) mass is 170 g/mol. The number of hydrogen-bond donors (Lipinski definition) is 0. The Labute approximate surface area is 73.0 Å². The van der Waals surface area contributed by atoms with Gasteiger partial charge in [0.1, 0.15) is 0 Å². The van der Waals surface area contributed by atoms with Crippen LogP contribution in [0.2, 0.25) is 0 Å². The molecule has 0 aliphatic carbocycles. The second-order valence-corrected chi connectivity index (χ2v) is 1.89. The molecule has 4 heteroatoms. The second kappa shape index (κ2) is 33.1. The number of unbranched alkanes of at least 4 members (excludes halogenated alkanes) is 3. The smallest absolute Gasteiger partial charge is 0.0159 e. The molecule has 0 spiro atoms. The summed E-state index contributed by atoms with van der Waals surface area (Å²) >= 11 is 0. The third kappa shape index (κ3) is 170. The Morgan fingerprint density at radius 2 is 1.08 bits per heavy atom. The Kier molecular flexibility index (Phi) is 46.9. The topological polar surface area (TPSA) is 78.7 Å². The molecule has 0 N–H and O–H groups in total. The van der Waals surface area contributed by atoms with Gasteiger partial charge < -0.3 is 10.8 Å². The van der Waals surface area contributed by atoms with Gasteiger partial charge in [0.15, 0.2) is 0 Å². The zero-order valence-electron chi connectivity index (χ0n) is 7.54. The molecule has 0 saturated heterocycles. The zero-order chi connectivity index (χ0) is 10.2. The summed E-state index contributed by atoms with van der Waals surface area (Å²) in [5.74, 6) is 0. The molecule has 0 saturated carbocycles. The molecule has 0 aliphatic heterocycles. The summed E-state index contributed by atoms with van der Waals surface area (Å²) in [6, 6.07) is 0. The van der Waals surface area contributed by atoms with Gasteiger partial charge in [-0.1, -0.05) is 39.5 Å². The van der Waals surface area contributed by atoms with Crippen molar-refractivity contribution >= 4 is 12.2 Å². The lowest BCUT2D eigenvalue weighted by Gasteiger charge is -1.86. The number of isocyanates is 2. The molecule has 0 heterocycles.